The predicted octanol–water partition coefficient (Wildman–Crippen LogP) is 4.07. The van der Waals surface area contributed by atoms with Crippen molar-refractivity contribution in [3.8, 4) is 5.75 Å². The molecule has 1 aromatic heterocycles. The van der Waals surface area contributed by atoms with Gasteiger partial charge in [-0.1, -0.05) is 46.3 Å². The lowest BCUT2D eigenvalue weighted by Gasteiger charge is -2.09. The van der Waals surface area contributed by atoms with Gasteiger partial charge in [0.2, 0.25) is 0 Å². The van der Waals surface area contributed by atoms with E-state index in [1.807, 2.05) is 24.3 Å². The van der Waals surface area contributed by atoms with Gasteiger partial charge in [-0.05, 0) is 41.1 Å². The van der Waals surface area contributed by atoms with E-state index in [0.717, 1.165) is 19.9 Å². The molecule has 0 fully saturated rings. The van der Waals surface area contributed by atoms with Crippen molar-refractivity contribution in [3.63, 3.8) is 0 Å². The Hall–Kier alpha value is -2.99. The fraction of sp³-hybridized carbons (Fsp3) is 0.0500. The fourth-order valence-electron chi connectivity index (χ4n) is 2.86. The first-order valence-electron chi connectivity index (χ1n) is 7.90. The van der Waals surface area contributed by atoms with E-state index in [2.05, 4.69) is 21.0 Å². The number of hydrogen-bond donors (Lipinski definition) is 0. The number of fused-ring (bicyclic) bond motifs is 2. The Balaban J connectivity index is 1.75. The molecule has 6 heteroatoms. The Kier molecular flexibility index (Phi) is 4.05. The smallest absolute Gasteiger partial charge is 0.364 e. The number of aromatic nitrogens is 2. The third-order valence-corrected chi connectivity index (χ3v) is 4.63. The van der Waals surface area contributed by atoms with Crippen LogP contribution in [0.4, 0.5) is 0 Å². The number of hydrogen-bond acceptors (Lipinski definition) is 4. The number of carbonyl (C=O) groups excluding carboxylic acids is 1. The summed E-state index contributed by atoms with van der Waals surface area (Å²) in [6.45, 7) is 0. The lowest BCUT2D eigenvalue weighted by Crippen LogP contribution is -2.24. The first kappa shape index (κ1) is 16.5. The quantitative estimate of drug-likeness (QED) is 0.370. The van der Waals surface area contributed by atoms with Crippen molar-refractivity contribution in [1.82, 2.24) is 9.78 Å². The van der Waals surface area contributed by atoms with Gasteiger partial charge < -0.3 is 4.74 Å². The van der Waals surface area contributed by atoms with E-state index in [4.69, 9.17) is 4.74 Å². The Morgan fingerprint density at radius 2 is 1.69 bits per heavy atom. The van der Waals surface area contributed by atoms with Crippen LogP contribution < -0.4 is 10.3 Å². The van der Waals surface area contributed by atoms with Crippen LogP contribution in [0, 0.1) is 0 Å². The molecule has 0 radical (unpaired) electrons. The van der Waals surface area contributed by atoms with Crippen LogP contribution in [-0.2, 0) is 7.05 Å². The number of nitrogens with zero attached hydrogens (tertiary/aromatic N) is 2. The molecule has 26 heavy (non-hydrogen) atoms. The van der Waals surface area contributed by atoms with E-state index in [0.29, 0.717) is 16.5 Å². The van der Waals surface area contributed by atoms with Crippen LogP contribution in [0.2, 0.25) is 0 Å². The molecule has 0 unspecified atom stereocenters. The molecule has 0 spiro atoms. The van der Waals surface area contributed by atoms with Gasteiger partial charge in [-0.2, -0.15) is 5.10 Å². The number of halogens is 1. The van der Waals surface area contributed by atoms with Gasteiger partial charge in [0.15, 0.2) is 5.69 Å². The van der Waals surface area contributed by atoms with Crippen LogP contribution in [-0.4, -0.2) is 15.7 Å². The molecule has 0 saturated heterocycles. The number of aryl methyl sites for hydroxylation is 1. The topological polar surface area (TPSA) is 61.2 Å². The summed E-state index contributed by atoms with van der Waals surface area (Å²) in [4.78, 5) is 24.9. The zero-order valence-corrected chi connectivity index (χ0v) is 15.4. The lowest BCUT2D eigenvalue weighted by molar-refractivity contribution is 0.0728. The minimum absolute atomic E-state index is 0.110. The van der Waals surface area contributed by atoms with E-state index < -0.39 is 5.97 Å². The Morgan fingerprint density at radius 1 is 1.00 bits per heavy atom. The fourth-order valence-corrected chi connectivity index (χ4v) is 3.24. The van der Waals surface area contributed by atoms with Gasteiger partial charge in [0.1, 0.15) is 5.75 Å². The van der Waals surface area contributed by atoms with Crippen molar-refractivity contribution in [2.75, 3.05) is 0 Å². The standard InChI is InChI=1S/C20H13BrN2O3/c1-23-19(24)17-5-3-2-4-16(17)18(22-23)20(25)26-15-9-7-12-10-14(21)8-6-13(12)11-15/h2-11H,1H3. The average Bonchev–Trinajstić information content (AvgIpc) is 2.64. The third-order valence-electron chi connectivity index (χ3n) is 4.13. The van der Waals surface area contributed by atoms with Gasteiger partial charge in [-0.15, -0.1) is 0 Å². The lowest BCUT2D eigenvalue weighted by atomic mass is 10.1. The predicted molar refractivity (Wildman–Crippen MR) is 104 cm³/mol. The molecule has 1 heterocycles. The molecule has 0 amide bonds. The van der Waals surface area contributed by atoms with Gasteiger partial charge in [0.05, 0.1) is 5.39 Å². The molecule has 0 N–H and O–H groups in total. The van der Waals surface area contributed by atoms with Crippen molar-refractivity contribution < 1.29 is 9.53 Å². The molecule has 0 atom stereocenters. The van der Waals surface area contributed by atoms with Crippen LogP contribution >= 0.6 is 15.9 Å². The van der Waals surface area contributed by atoms with Gasteiger partial charge in [-0.25, -0.2) is 9.48 Å². The van der Waals surface area contributed by atoms with Crippen molar-refractivity contribution in [1.29, 1.82) is 0 Å². The van der Waals surface area contributed by atoms with E-state index in [1.165, 1.54) is 7.05 Å². The van der Waals surface area contributed by atoms with Gasteiger partial charge in [0.25, 0.3) is 5.56 Å². The van der Waals surface area contributed by atoms with Gasteiger partial charge in [-0.3, -0.25) is 4.79 Å². The molecule has 0 saturated carbocycles. The van der Waals surface area contributed by atoms with Crippen LogP contribution in [0.15, 0.2) is 69.9 Å². The number of benzene rings is 3. The third kappa shape index (κ3) is 2.88. The SMILES string of the molecule is Cn1nc(C(=O)Oc2ccc3cc(Br)ccc3c2)c2ccccc2c1=O. The maximum absolute atomic E-state index is 12.7. The largest absolute Gasteiger partial charge is 0.422 e. The number of rotatable bonds is 2. The summed E-state index contributed by atoms with van der Waals surface area (Å²) in [7, 11) is 1.51. The van der Waals surface area contributed by atoms with E-state index >= 15 is 0 Å². The summed E-state index contributed by atoms with van der Waals surface area (Å²) < 4.78 is 7.64. The number of carbonyl (C=O) groups is 1. The summed E-state index contributed by atoms with van der Waals surface area (Å²) >= 11 is 3.44. The second kappa shape index (κ2) is 6.38. The molecule has 128 valence electrons. The van der Waals surface area contributed by atoms with Crippen molar-refractivity contribution in [2.45, 2.75) is 0 Å². The molecule has 4 rings (SSSR count). The minimum Gasteiger partial charge on any atom is -0.422 e. The highest BCUT2D eigenvalue weighted by atomic mass is 79.9. The maximum atomic E-state index is 12.7. The van der Waals surface area contributed by atoms with Gasteiger partial charge in [0, 0.05) is 16.9 Å². The zero-order chi connectivity index (χ0) is 18.3. The molecular formula is C20H13BrN2O3. The zero-order valence-electron chi connectivity index (χ0n) is 13.8. The first-order valence-corrected chi connectivity index (χ1v) is 8.70. The monoisotopic (exact) mass is 408 g/mol. The highest BCUT2D eigenvalue weighted by Crippen LogP contribution is 2.25. The van der Waals surface area contributed by atoms with Crippen LogP contribution in [0.1, 0.15) is 10.5 Å². The number of ether oxygens (including phenoxy) is 1. The van der Waals surface area contributed by atoms with E-state index in [1.54, 1.807) is 36.4 Å². The molecule has 3 aromatic carbocycles. The second-order valence-electron chi connectivity index (χ2n) is 5.87. The molecule has 5 nitrogen and oxygen atoms in total. The van der Waals surface area contributed by atoms with Crippen LogP contribution in [0.25, 0.3) is 21.5 Å². The molecule has 0 aliphatic carbocycles. The summed E-state index contributed by atoms with van der Waals surface area (Å²) in [5, 5.41) is 6.99. The minimum atomic E-state index is -0.603. The van der Waals surface area contributed by atoms with Crippen LogP contribution in [0.3, 0.4) is 0 Å². The Bertz CT molecular complexity index is 1230. The summed E-state index contributed by atoms with van der Waals surface area (Å²) in [6.07, 6.45) is 0. The van der Waals surface area contributed by atoms with E-state index in [9.17, 15) is 9.59 Å². The van der Waals surface area contributed by atoms with Crippen molar-refractivity contribution in [2.24, 2.45) is 7.05 Å². The van der Waals surface area contributed by atoms with Crippen molar-refractivity contribution >= 4 is 43.4 Å². The Labute approximate surface area is 157 Å². The summed E-state index contributed by atoms with van der Waals surface area (Å²) in [6, 6.07) is 18.1. The van der Waals surface area contributed by atoms with Crippen molar-refractivity contribution in [3.05, 3.63) is 81.2 Å². The number of esters is 1. The molecule has 0 aliphatic heterocycles. The first-order chi connectivity index (χ1) is 12.5. The molecule has 0 aliphatic rings. The Morgan fingerprint density at radius 3 is 2.50 bits per heavy atom. The summed E-state index contributed by atoms with van der Waals surface area (Å²) in [5.41, 5.74) is -0.146. The second-order valence-corrected chi connectivity index (χ2v) is 6.78. The van der Waals surface area contributed by atoms with Crippen LogP contribution in [0.5, 0.6) is 5.75 Å². The normalized spacial score (nSPS) is 11.0. The molecule has 4 aromatic rings. The maximum Gasteiger partial charge on any atom is 0.364 e. The molecule has 0 bridgehead atoms. The molecular weight excluding hydrogens is 396 g/mol. The summed E-state index contributed by atoms with van der Waals surface area (Å²) in [5.74, 6) is -0.183. The average molecular weight is 409 g/mol. The highest BCUT2D eigenvalue weighted by molar-refractivity contribution is 9.10. The van der Waals surface area contributed by atoms with E-state index in [-0.39, 0.29) is 11.3 Å². The van der Waals surface area contributed by atoms with Gasteiger partial charge >= 0.3 is 5.97 Å². The highest BCUT2D eigenvalue weighted by Gasteiger charge is 2.17.